The van der Waals surface area contributed by atoms with Gasteiger partial charge in [-0.3, -0.25) is 4.79 Å². The molecule has 0 spiro atoms. The molecule has 1 aromatic rings. The number of halogens is 1. The van der Waals surface area contributed by atoms with E-state index in [1.165, 1.54) is 0 Å². The van der Waals surface area contributed by atoms with Gasteiger partial charge in [0.05, 0.1) is 5.92 Å². The molecule has 2 amide bonds. The summed E-state index contributed by atoms with van der Waals surface area (Å²) in [6.45, 7) is 5.66. The Labute approximate surface area is 126 Å². The van der Waals surface area contributed by atoms with Crippen molar-refractivity contribution in [1.82, 2.24) is 5.32 Å². The van der Waals surface area contributed by atoms with Crippen LogP contribution in [0.3, 0.4) is 0 Å². The van der Waals surface area contributed by atoms with Crippen LogP contribution in [0.1, 0.15) is 19.4 Å². The van der Waals surface area contributed by atoms with E-state index in [-0.39, 0.29) is 12.5 Å². The van der Waals surface area contributed by atoms with Crippen molar-refractivity contribution in [2.45, 2.75) is 20.8 Å². The average Bonchev–Trinajstić information content (AvgIpc) is 2.26. The third-order valence-corrected chi connectivity index (χ3v) is 3.36. The van der Waals surface area contributed by atoms with E-state index >= 15 is 0 Å². The number of carboxylic acids is 1. The van der Waals surface area contributed by atoms with Gasteiger partial charge in [0, 0.05) is 16.7 Å². The number of aryl methyl sites for hydroxylation is 1. The Morgan fingerprint density at radius 2 is 1.95 bits per heavy atom. The maximum Gasteiger partial charge on any atom is 0.319 e. The molecule has 0 bridgehead atoms. The van der Waals surface area contributed by atoms with Gasteiger partial charge in [0.2, 0.25) is 0 Å². The molecule has 0 fully saturated rings. The Morgan fingerprint density at radius 1 is 1.30 bits per heavy atom. The van der Waals surface area contributed by atoms with Crippen LogP contribution in [0.5, 0.6) is 0 Å². The fraction of sp³-hybridized carbons (Fsp3) is 0.429. The Morgan fingerprint density at radius 3 is 2.45 bits per heavy atom. The van der Waals surface area contributed by atoms with Gasteiger partial charge in [-0.15, -0.1) is 0 Å². The summed E-state index contributed by atoms with van der Waals surface area (Å²) in [7, 11) is 0. The van der Waals surface area contributed by atoms with Crippen molar-refractivity contribution in [1.29, 1.82) is 0 Å². The first kappa shape index (κ1) is 16.5. The number of benzene rings is 1. The normalized spacial score (nSPS) is 12.1. The van der Waals surface area contributed by atoms with E-state index in [1.807, 2.05) is 32.9 Å². The van der Waals surface area contributed by atoms with Gasteiger partial charge in [-0.25, -0.2) is 4.79 Å². The number of nitrogens with one attached hydrogen (secondary N) is 2. The molecule has 0 aliphatic rings. The van der Waals surface area contributed by atoms with Crippen LogP contribution >= 0.6 is 15.9 Å². The zero-order valence-corrected chi connectivity index (χ0v) is 13.3. The molecule has 0 aliphatic carbocycles. The Bertz CT molecular complexity index is 483. The number of carbonyl (C=O) groups excluding carboxylic acids is 1. The van der Waals surface area contributed by atoms with Crippen LogP contribution in [0.4, 0.5) is 10.5 Å². The van der Waals surface area contributed by atoms with E-state index in [9.17, 15) is 9.59 Å². The number of rotatable bonds is 5. The highest BCUT2D eigenvalue weighted by Crippen LogP contribution is 2.19. The Kier molecular flexibility index (Phi) is 6.01. The minimum Gasteiger partial charge on any atom is -0.481 e. The van der Waals surface area contributed by atoms with Crippen LogP contribution < -0.4 is 10.6 Å². The highest BCUT2D eigenvalue weighted by molar-refractivity contribution is 9.10. The smallest absolute Gasteiger partial charge is 0.319 e. The molecule has 0 radical (unpaired) electrons. The van der Waals surface area contributed by atoms with E-state index < -0.39 is 17.9 Å². The molecule has 6 heteroatoms. The number of hydrogen-bond donors (Lipinski definition) is 3. The maximum atomic E-state index is 11.8. The monoisotopic (exact) mass is 342 g/mol. The molecule has 20 heavy (non-hydrogen) atoms. The quantitative estimate of drug-likeness (QED) is 0.768. The fourth-order valence-corrected chi connectivity index (χ4v) is 2.40. The number of hydrogen-bond acceptors (Lipinski definition) is 2. The minimum atomic E-state index is -0.904. The van der Waals surface area contributed by atoms with Crippen molar-refractivity contribution in [2.75, 3.05) is 11.9 Å². The SMILES string of the molecule is Cc1cc(Br)cc(NC(=O)NCC(C(=O)O)C(C)C)c1. The summed E-state index contributed by atoms with van der Waals surface area (Å²) in [5.41, 5.74) is 1.67. The lowest BCUT2D eigenvalue weighted by Crippen LogP contribution is -2.37. The summed E-state index contributed by atoms with van der Waals surface area (Å²) in [5, 5.41) is 14.3. The first-order valence-electron chi connectivity index (χ1n) is 6.34. The van der Waals surface area contributed by atoms with Crippen LogP contribution in [0.2, 0.25) is 0 Å². The molecular weight excluding hydrogens is 324 g/mol. The van der Waals surface area contributed by atoms with Crippen molar-refractivity contribution in [3.05, 3.63) is 28.2 Å². The molecule has 110 valence electrons. The van der Waals surface area contributed by atoms with Gasteiger partial charge in [-0.2, -0.15) is 0 Å². The van der Waals surface area contributed by atoms with Crippen LogP contribution in [-0.2, 0) is 4.79 Å². The molecule has 1 rings (SSSR count). The zero-order valence-electron chi connectivity index (χ0n) is 11.7. The average molecular weight is 343 g/mol. The highest BCUT2D eigenvalue weighted by atomic mass is 79.9. The molecule has 0 heterocycles. The molecule has 1 aromatic carbocycles. The number of carboxylic acid groups (broad SMARTS) is 1. The van der Waals surface area contributed by atoms with Gasteiger partial charge in [0.1, 0.15) is 0 Å². The van der Waals surface area contributed by atoms with Crippen molar-refractivity contribution >= 4 is 33.6 Å². The topological polar surface area (TPSA) is 78.4 Å². The molecule has 0 aliphatic heterocycles. The number of anilines is 1. The van der Waals surface area contributed by atoms with Gasteiger partial charge in [0.15, 0.2) is 0 Å². The summed E-state index contributed by atoms with van der Waals surface area (Å²) >= 11 is 3.35. The van der Waals surface area contributed by atoms with Gasteiger partial charge in [-0.05, 0) is 36.6 Å². The van der Waals surface area contributed by atoms with E-state index in [0.717, 1.165) is 10.0 Å². The molecular formula is C14H19BrN2O3. The molecule has 0 saturated heterocycles. The number of urea groups is 1. The third-order valence-electron chi connectivity index (χ3n) is 2.90. The number of aliphatic carboxylic acids is 1. The van der Waals surface area contributed by atoms with Crippen molar-refractivity contribution in [3.8, 4) is 0 Å². The summed E-state index contributed by atoms with van der Waals surface area (Å²) in [6.07, 6.45) is 0. The molecule has 0 saturated carbocycles. The predicted octanol–water partition coefficient (Wildman–Crippen LogP) is 3.24. The Hall–Kier alpha value is -1.56. The molecule has 3 N–H and O–H groups in total. The maximum absolute atomic E-state index is 11.8. The van der Waals surface area contributed by atoms with Gasteiger partial charge < -0.3 is 15.7 Å². The van der Waals surface area contributed by atoms with E-state index in [2.05, 4.69) is 26.6 Å². The first-order valence-corrected chi connectivity index (χ1v) is 7.13. The van der Waals surface area contributed by atoms with Crippen LogP contribution in [0, 0.1) is 18.8 Å². The summed E-state index contributed by atoms with van der Waals surface area (Å²) in [4.78, 5) is 22.8. The fourth-order valence-electron chi connectivity index (χ4n) is 1.79. The van der Waals surface area contributed by atoms with Crippen LogP contribution in [0.25, 0.3) is 0 Å². The summed E-state index contributed by atoms with van der Waals surface area (Å²) in [6, 6.07) is 5.14. The second kappa shape index (κ2) is 7.28. The largest absolute Gasteiger partial charge is 0.481 e. The Balaban J connectivity index is 2.57. The van der Waals surface area contributed by atoms with Crippen LogP contribution in [-0.4, -0.2) is 23.7 Å². The lowest BCUT2D eigenvalue weighted by molar-refractivity contribution is -0.142. The minimum absolute atomic E-state index is 0.0408. The lowest BCUT2D eigenvalue weighted by atomic mass is 9.96. The highest BCUT2D eigenvalue weighted by Gasteiger charge is 2.21. The summed E-state index contributed by atoms with van der Waals surface area (Å²) < 4.78 is 0.874. The standard InChI is InChI=1S/C14H19BrN2O3/c1-8(2)12(13(18)19)7-16-14(20)17-11-5-9(3)4-10(15)6-11/h4-6,8,12H,7H2,1-3H3,(H,18,19)(H2,16,17,20). The van der Waals surface area contributed by atoms with Crippen LogP contribution in [0.15, 0.2) is 22.7 Å². The van der Waals surface area contributed by atoms with Crippen molar-refractivity contribution in [2.24, 2.45) is 11.8 Å². The van der Waals surface area contributed by atoms with Gasteiger partial charge in [-0.1, -0.05) is 29.8 Å². The second-order valence-corrected chi connectivity index (χ2v) is 5.96. The molecule has 1 unspecified atom stereocenters. The lowest BCUT2D eigenvalue weighted by Gasteiger charge is -2.17. The van der Waals surface area contributed by atoms with Gasteiger partial charge >= 0.3 is 12.0 Å². The van der Waals surface area contributed by atoms with Gasteiger partial charge in [0.25, 0.3) is 0 Å². The number of carbonyl (C=O) groups is 2. The number of amides is 2. The van der Waals surface area contributed by atoms with E-state index in [0.29, 0.717) is 5.69 Å². The zero-order chi connectivity index (χ0) is 15.3. The molecule has 5 nitrogen and oxygen atoms in total. The van der Waals surface area contributed by atoms with E-state index in [1.54, 1.807) is 6.07 Å². The predicted molar refractivity (Wildman–Crippen MR) is 81.9 cm³/mol. The van der Waals surface area contributed by atoms with Crippen molar-refractivity contribution in [3.63, 3.8) is 0 Å². The first-order chi connectivity index (χ1) is 9.29. The second-order valence-electron chi connectivity index (χ2n) is 5.04. The third kappa shape index (κ3) is 5.21. The van der Waals surface area contributed by atoms with E-state index in [4.69, 9.17) is 5.11 Å². The summed E-state index contributed by atoms with van der Waals surface area (Å²) in [5.74, 6) is -1.54. The molecule has 0 aromatic heterocycles. The van der Waals surface area contributed by atoms with Crippen molar-refractivity contribution < 1.29 is 14.7 Å². The molecule has 1 atom stereocenters.